The zero-order valence-electron chi connectivity index (χ0n) is 25.0. The maximum Gasteiger partial charge on any atom is 0.472 e. The van der Waals surface area contributed by atoms with Gasteiger partial charge in [-0.1, -0.05) is 89.5 Å². The number of esters is 1. The topological polar surface area (TPSA) is 131 Å². The highest BCUT2D eigenvalue weighted by atomic mass is 31.2. The number of allylic oxidation sites excluding steroid dienone is 4. The number of carbonyl (C=O) groups excluding carboxylic acids is 2. The van der Waals surface area contributed by atoms with Crippen LogP contribution in [0.5, 0.6) is 0 Å². The normalized spacial score (nSPS) is 14.0. The van der Waals surface area contributed by atoms with Crippen molar-refractivity contribution >= 4 is 19.7 Å². The van der Waals surface area contributed by atoms with Gasteiger partial charge in [-0.3, -0.25) is 18.6 Å². The third-order valence-corrected chi connectivity index (χ3v) is 7.12. The van der Waals surface area contributed by atoms with Crippen molar-refractivity contribution in [2.45, 2.75) is 129 Å². The Morgan fingerprint density at radius 2 is 1.35 bits per heavy atom. The van der Waals surface area contributed by atoms with Gasteiger partial charge in [0.25, 0.3) is 0 Å². The maximum atomic E-state index is 11.9. The van der Waals surface area contributed by atoms with Gasteiger partial charge in [-0.15, -0.1) is 0 Å². The standard InChI is InChI=1S/C30H56NO8P/c1-3-5-7-9-10-11-12-13-14-15-16-17-18-19-21-23-30(34)37-26-28(32)27-39-40(35,36)38-25-24-31-29(33)22-20-8-6-4-2/h10-11,13-14,28,32H,3-9,12,15-27H2,1-2H3,(H,31,33)(H,35,36)/b11-10-,14-13-. The van der Waals surface area contributed by atoms with Gasteiger partial charge in [-0.25, -0.2) is 4.57 Å². The van der Waals surface area contributed by atoms with E-state index in [0.29, 0.717) is 6.42 Å². The van der Waals surface area contributed by atoms with E-state index in [1.807, 2.05) is 0 Å². The number of unbranched alkanes of at least 4 members (excludes halogenated alkanes) is 11. The van der Waals surface area contributed by atoms with E-state index in [1.54, 1.807) is 0 Å². The third kappa shape index (κ3) is 28.0. The van der Waals surface area contributed by atoms with Gasteiger partial charge < -0.3 is 20.1 Å². The highest BCUT2D eigenvalue weighted by Gasteiger charge is 2.23. The molecule has 1 amide bonds. The van der Waals surface area contributed by atoms with Gasteiger partial charge in [0, 0.05) is 19.4 Å². The number of hydrogen-bond acceptors (Lipinski definition) is 7. The van der Waals surface area contributed by atoms with Crippen molar-refractivity contribution in [3.8, 4) is 0 Å². The Morgan fingerprint density at radius 1 is 0.775 bits per heavy atom. The lowest BCUT2D eigenvalue weighted by Crippen LogP contribution is -2.27. The fraction of sp³-hybridized carbons (Fsp3) is 0.800. The third-order valence-electron chi connectivity index (χ3n) is 6.13. The van der Waals surface area contributed by atoms with E-state index in [2.05, 4.69) is 43.5 Å². The first-order chi connectivity index (χ1) is 19.3. The quantitative estimate of drug-likeness (QED) is 0.0388. The van der Waals surface area contributed by atoms with Gasteiger partial charge in [0.05, 0.1) is 13.2 Å². The first-order valence-corrected chi connectivity index (χ1v) is 16.8. The zero-order chi connectivity index (χ0) is 29.7. The van der Waals surface area contributed by atoms with Gasteiger partial charge >= 0.3 is 13.8 Å². The summed E-state index contributed by atoms with van der Waals surface area (Å²) in [5.74, 6) is -0.552. The lowest BCUT2D eigenvalue weighted by atomic mass is 10.1. The van der Waals surface area contributed by atoms with Gasteiger partial charge in [0.1, 0.15) is 12.7 Å². The molecule has 3 N–H and O–H groups in total. The first-order valence-electron chi connectivity index (χ1n) is 15.3. The van der Waals surface area contributed by atoms with E-state index < -0.39 is 26.5 Å². The minimum atomic E-state index is -4.39. The maximum absolute atomic E-state index is 11.9. The van der Waals surface area contributed by atoms with Gasteiger partial charge in [0.2, 0.25) is 5.91 Å². The second kappa shape index (κ2) is 27.6. The molecular formula is C30H56NO8P. The van der Waals surface area contributed by atoms with E-state index >= 15 is 0 Å². The number of hydrogen-bond donors (Lipinski definition) is 3. The number of ether oxygens (including phenoxy) is 1. The first kappa shape index (κ1) is 38.5. The van der Waals surface area contributed by atoms with Gasteiger partial charge in [0.15, 0.2) is 0 Å². The Morgan fingerprint density at radius 3 is 2.05 bits per heavy atom. The van der Waals surface area contributed by atoms with Crippen molar-refractivity contribution in [1.29, 1.82) is 0 Å². The van der Waals surface area contributed by atoms with Crippen LogP contribution >= 0.6 is 7.82 Å². The predicted octanol–water partition coefficient (Wildman–Crippen LogP) is 6.92. The molecule has 10 heteroatoms. The molecular weight excluding hydrogens is 533 g/mol. The number of carbonyl (C=O) groups is 2. The summed E-state index contributed by atoms with van der Waals surface area (Å²) in [6.07, 6.45) is 24.4. The molecule has 0 radical (unpaired) electrons. The Bertz CT molecular complexity index is 728. The number of aliphatic hydroxyl groups excluding tert-OH is 1. The largest absolute Gasteiger partial charge is 0.472 e. The number of nitrogens with one attached hydrogen (secondary N) is 1. The summed E-state index contributed by atoms with van der Waals surface area (Å²) < 4.78 is 26.4. The molecule has 0 rings (SSSR count). The minimum absolute atomic E-state index is 0.0782. The fourth-order valence-electron chi connectivity index (χ4n) is 3.76. The minimum Gasteiger partial charge on any atom is -0.463 e. The summed E-state index contributed by atoms with van der Waals surface area (Å²) in [7, 11) is -4.39. The molecule has 0 aromatic heterocycles. The van der Waals surface area contributed by atoms with Crippen molar-refractivity contribution in [2.24, 2.45) is 0 Å². The molecule has 2 atom stereocenters. The molecule has 0 saturated heterocycles. The molecule has 0 spiro atoms. The SMILES string of the molecule is CCCCC/C=C\C/C=C\CCCCCCCC(=O)OCC(O)COP(=O)(O)OCCNC(=O)CCCCCC. The molecule has 0 bridgehead atoms. The smallest absolute Gasteiger partial charge is 0.463 e. The van der Waals surface area contributed by atoms with Crippen LogP contribution < -0.4 is 5.32 Å². The highest BCUT2D eigenvalue weighted by molar-refractivity contribution is 7.47. The van der Waals surface area contributed by atoms with Crippen molar-refractivity contribution in [2.75, 3.05) is 26.4 Å². The molecule has 2 unspecified atom stereocenters. The van der Waals surface area contributed by atoms with E-state index in [4.69, 9.17) is 13.8 Å². The molecule has 0 aromatic carbocycles. The molecule has 0 fully saturated rings. The summed E-state index contributed by atoms with van der Waals surface area (Å²) in [5.41, 5.74) is 0. The number of phosphoric acid groups is 1. The summed E-state index contributed by atoms with van der Waals surface area (Å²) in [5, 5.41) is 12.5. The molecule has 9 nitrogen and oxygen atoms in total. The lowest BCUT2D eigenvalue weighted by Gasteiger charge is -2.15. The summed E-state index contributed by atoms with van der Waals surface area (Å²) in [6.45, 7) is 3.34. The second-order valence-electron chi connectivity index (χ2n) is 10.1. The van der Waals surface area contributed by atoms with Crippen molar-refractivity contribution in [3.63, 3.8) is 0 Å². The van der Waals surface area contributed by atoms with Crippen LogP contribution in [0.3, 0.4) is 0 Å². The average molecular weight is 590 g/mol. The second-order valence-corrected chi connectivity index (χ2v) is 11.5. The van der Waals surface area contributed by atoms with E-state index in [-0.39, 0.29) is 32.1 Å². The van der Waals surface area contributed by atoms with Crippen LogP contribution in [0.4, 0.5) is 0 Å². The molecule has 0 aliphatic heterocycles. The number of phosphoric ester groups is 1. The molecule has 0 aliphatic rings. The Hall–Kier alpha value is -1.51. The average Bonchev–Trinajstić information content (AvgIpc) is 2.93. The number of amides is 1. The van der Waals surface area contributed by atoms with Gasteiger partial charge in [-0.2, -0.15) is 0 Å². The molecule has 40 heavy (non-hydrogen) atoms. The molecule has 0 aromatic rings. The van der Waals surface area contributed by atoms with E-state index in [0.717, 1.165) is 70.6 Å². The Labute approximate surface area is 242 Å². The van der Waals surface area contributed by atoms with Crippen molar-refractivity contribution in [3.05, 3.63) is 24.3 Å². The van der Waals surface area contributed by atoms with Crippen LogP contribution in [0.1, 0.15) is 123 Å². The summed E-state index contributed by atoms with van der Waals surface area (Å²) in [4.78, 5) is 33.2. The zero-order valence-corrected chi connectivity index (χ0v) is 25.9. The van der Waals surface area contributed by atoms with E-state index in [9.17, 15) is 24.2 Å². The van der Waals surface area contributed by atoms with Crippen LogP contribution in [-0.4, -0.2) is 54.3 Å². The van der Waals surface area contributed by atoms with Crippen LogP contribution in [-0.2, 0) is 27.9 Å². The van der Waals surface area contributed by atoms with Gasteiger partial charge in [-0.05, 0) is 44.9 Å². The predicted molar refractivity (Wildman–Crippen MR) is 160 cm³/mol. The highest BCUT2D eigenvalue weighted by Crippen LogP contribution is 2.42. The number of aliphatic hydroxyl groups is 1. The molecule has 0 saturated carbocycles. The van der Waals surface area contributed by atoms with E-state index in [1.165, 1.54) is 25.7 Å². The molecule has 234 valence electrons. The monoisotopic (exact) mass is 589 g/mol. The fourth-order valence-corrected chi connectivity index (χ4v) is 4.52. The number of rotatable bonds is 28. The lowest BCUT2D eigenvalue weighted by molar-refractivity contribution is -0.147. The van der Waals surface area contributed by atoms with Crippen LogP contribution in [0, 0.1) is 0 Å². The Kier molecular flexibility index (Phi) is 26.6. The molecule has 0 aliphatic carbocycles. The Balaban J connectivity index is 3.67. The van der Waals surface area contributed by atoms with Crippen molar-refractivity contribution in [1.82, 2.24) is 5.32 Å². The van der Waals surface area contributed by atoms with Crippen LogP contribution in [0.25, 0.3) is 0 Å². The van der Waals surface area contributed by atoms with Crippen LogP contribution in [0.15, 0.2) is 24.3 Å². The summed E-state index contributed by atoms with van der Waals surface area (Å²) in [6, 6.07) is 0. The van der Waals surface area contributed by atoms with Crippen molar-refractivity contribution < 1.29 is 37.9 Å². The molecule has 0 heterocycles. The summed E-state index contributed by atoms with van der Waals surface area (Å²) >= 11 is 0. The van der Waals surface area contributed by atoms with Crippen LogP contribution in [0.2, 0.25) is 0 Å².